The van der Waals surface area contributed by atoms with Gasteiger partial charge in [-0.1, -0.05) is 84.9 Å². The van der Waals surface area contributed by atoms with Gasteiger partial charge in [-0.25, -0.2) is 4.79 Å². The van der Waals surface area contributed by atoms with Crippen LogP contribution in [-0.2, 0) is 4.74 Å². The molecule has 0 aromatic heterocycles. The Labute approximate surface area is 137 Å². The molecule has 3 aromatic carbocycles. The summed E-state index contributed by atoms with van der Waals surface area (Å²) in [6, 6.07) is 30.7. The first kappa shape index (κ1) is 16.5. The zero-order valence-electron chi connectivity index (χ0n) is 13.1. The van der Waals surface area contributed by atoms with Crippen LogP contribution in [0.2, 0.25) is 0 Å². The molecule has 3 aromatic rings. The second-order valence-corrected chi connectivity index (χ2v) is 4.98. The Balaban J connectivity index is 0.000000268. The quantitative estimate of drug-likeness (QED) is 0.614. The molecule has 23 heavy (non-hydrogen) atoms. The molecule has 3 rings (SSSR count). The molecular weight excluding hydrogens is 284 g/mol. The molecular formula is C21H20O2. The van der Waals surface area contributed by atoms with Crippen LogP contribution in [0.3, 0.4) is 0 Å². The summed E-state index contributed by atoms with van der Waals surface area (Å²) in [5.74, 6) is -0.290. The lowest BCUT2D eigenvalue weighted by molar-refractivity contribution is 0.0338. The molecule has 0 aliphatic heterocycles. The van der Waals surface area contributed by atoms with Gasteiger partial charge < -0.3 is 4.74 Å². The van der Waals surface area contributed by atoms with E-state index in [-0.39, 0.29) is 12.1 Å². The molecule has 1 unspecified atom stereocenters. The predicted molar refractivity (Wildman–Crippen MR) is 93.2 cm³/mol. The van der Waals surface area contributed by atoms with E-state index in [9.17, 15) is 4.79 Å². The second kappa shape index (κ2) is 9.21. The molecule has 0 amide bonds. The highest BCUT2D eigenvalue weighted by Crippen LogP contribution is 2.17. The maximum atomic E-state index is 11.8. The van der Waals surface area contributed by atoms with E-state index in [4.69, 9.17) is 4.74 Å². The Kier molecular flexibility index (Phi) is 6.61. The predicted octanol–water partition coefficient (Wildman–Crippen LogP) is 5.29. The highest BCUT2D eigenvalue weighted by Gasteiger charge is 2.12. The summed E-state index contributed by atoms with van der Waals surface area (Å²) in [6.45, 7) is 1.87. The zero-order chi connectivity index (χ0) is 16.3. The van der Waals surface area contributed by atoms with Crippen molar-refractivity contribution in [2.45, 2.75) is 13.0 Å². The largest absolute Gasteiger partial charge is 0.454 e. The molecule has 116 valence electrons. The van der Waals surface area contributed by atoms with E-state index in [1.54, 1.807) is 12.1 Å². The number of carbonyl (C=O) groups is 1. The highest BCUT2D eigenvalue weighted by molar-refractivity contribution is 5.89. The van der Waals surface area contributed by atoms with Gasteiger partial charge >= 0.3 is 5.97 Å². The Hall–Kier alpha value is -2.87. The maximum absolute atomic E-state index is 11.8. The number of hydrogen-bond donors (Lipinski definition) is 0. The van der Waals surface area contributed by atoms with Crippen LogP contribution in [0, 0.1) is 0 Å². The topological polar surface area (TPSA) is 26.3 Å². The van der Waals surface area contributed by atoms with E-state index in [2.05, 4.69) is 0 Å². The number of hydrogen-bond acceptors (Lipinski definition) is 2. The summed E-state index contributed by atoms with van der Waals surface area (Å²) in [7, 11) is 0. The average molecular weight is 304 g/mol. The second-order valence-electron chi connectivity index (χ2n) is 4.98. The third kappa shape index (κ3) is 5.79. The van der Waals surface area contributed by atoms with E-state index in [1.807, 2.05) is 91.9 Å². The summed E-state index contributed by atoms with van der Waals surface area (Å²) in [6.07, 6.45) is -0.232. The van der Waals surface area contributed by atoms with Crippen molar-refractivity contribution in [3.63, 3.8) is 0 Å². The van der Waals surface area contributed by atoms with Gasteiger partial charge in [0, 0.05) is 0 Å². The van der Waals surface area contributed by atoms with E-state index in [0.717, 1.165) is 5.56 Å². The van der Waals surface area contributed by atoms with Gasteiger partial charge in [-0.05, 0) is 24.6 Å². The average Bonchev–Trinajstić information content (AvgIpc) is 2.65. The Morgan fingerprint density at radius 1 is 0.696 bits per heavy atom. The van der Waals surface area contributed by atoms with Crippen LogP contribution >= 0.6 is 0 Å². The van der Waals surface area contributed by atoms with Crippen molar-refractivity contribution in [3.05, 3.63) is 108 Å². The lowest BCUT2D eigenvalue weighted by atomic mass is 10.1. The van der Waals surface area contributed by atoms with Crippen LogP contribution in [0.1, 0.15) is 28.9 Å². The number of ether oxygens (including phenoxy) is 1. The van der Waals surface area contributed by atoms with Crippen molar-refractivity contribution in [1.82, 2.24) is 0 Å². The molecule has 0 spiro atoms. The van der Waals surface area contributed by atoms with Gasteiger partial charge in [0.05, 0.1) is 5.56 Å². The number of carbonyl (C=O) groups excluding carboxylic acids is 1. The van der Waals surface area contributed by atoms with E-state index in [1.165, 1.54) is 0 Å². The van der Waals surface area contributed by atoms with Gasteiger partial charge in [0.15, 0.2) is 0 Å². The zero-order valence-corrected chi connectivity index (χ0v) is 13.1. The maximum Gasteiger partial charge on any atom is 0.338 e. The molecule has 1 atom stereocenters. The molecule has 0 saturated carbocycles. The van der Waals surface area contributed by atoms with Gasteiger partial charge in [0.1, 0.15) is 6.10 Å². The molecule has 2 nitrogen and oxygen atoms in total. The smallest absolute Gasteiger partial charge is 0.338 e. The lowest BCUT2D eigenvalue weighted by Crippen LogP contribution is -2.08. The first-order chi connectivity index (χ1) is 11.3. The molecule has 0 fully saturated rings. The minimum Gasteiger partial charge on any atom is -0.454 e. The van der Waals surface area contributed by atoms with Crippen molar-refractivity contribution in [2.24, 2.45) is 0 Å². The summed E-state index contributed by atoms with van der Waals surface area (Å²) < 4.78 is 5.38. The fourth-order valence-electron chi connectivity index (χ4n) is 1.98. The van der Waals surface area contributed by atoms with Crippen LogP contribution < -0.4 is 0 Å². The van der Waals surface area contributed by atoms with Crippen LogP contribution in [0.15, 0.2) is 97.1 Å². The summed E-state index contributed by atoms with van der Waals surface area (Å²) in [4.78, 5) is 11.8. The molecule has 0 N–H and O–H groups in total. The Bertz CT molecular complexity index is 652. The summed E-state index contributed by atoms with van der Waals surface area (Å²) >= 11 is 0. The lowest BCUT2D eigenvalue weighted by Gasteiger charge is -2.13. The first-order valence-electron chi connectivity index (χ1n) is 7.58. The Morgan fingerprint density at radius 3 is 1.57 bits per heavy atom. The number of benzene rings is 3. The highest BCUT2D eigenvalue weighted by atomic mass is 16.5. The fourth-order valence-corrected chi connectivity index (χ4v) is 1.98. The molecule has 0 heterocycles. The van der Waals surface area contributed by atoms with Gasteiger partial charge in [-0.15, -0.1) is 0 Å². The SMILES string of the molecule is CC(OC(=O)c1ccccc1)c1ccccc1.c1ccccc1. The minimum absolute atomic E-state index is 0.232. The molecule has 0 saturated heterocycles. The van der Waals surface area contributed by atoms with Gasteiger partial charge in [-0.2, -0.15) is 0 Å². The van der Waals surface area contributed by atoms with Crippen molar-refractivity contribution in [2.75, 3.05) is 0 Å². The van der Waals surface area contributed by atoms with Gasteiger partial charge in [0.25, 0.3) is 0 Å². The standard InChI is InChI=1S/C15H14O2.C6H6/c1-12(13-8-4-2-5-9-13)17-15(16)14-10-6-3-7-11-14;1-2-4-6-5-3-1/h2-12H,1H3;1-6H. The van der Waals surface area contributed by atoms with Crippen LogP contribution in [0.25, 0.3) is 0 Å². The van der Waals surface area contributed by atoms with Crippen molar-refractivity contribution >= 4 is 5.97 Å². The molecule has 0 radical (unpaired) electrons. The first-order valence-corrected chi connectivity index (χ1v) is 7.58. The number of esters is 1. The third-order valence-corrected chi connectivity index (χ3v) is 3.23. The van der Waals surface area contributed by atoms with E-state index < -0.39 is 0 Å². The van der Waals surface area contributed by atoms with Gasteiger partial charge in [-0.3, -0.25) is 0 Å². The Morgan fingerprint density at radius 2 is 1.09 bits per heavy atom. The van der Waals surface area contributed by atoms with Crippen LogP contribution in [0.5, 0.6) is 0 Å². The van der Waals surface area contributed by atoms with Crippen LogP contribution in [-0.4, -0.2) is 5.97 Å². The summed E-state index contributed by atoms with van der Waals surface area (Å²) in [5.41, 5.74) is 1.58. The third-order valence-electron chi connectivity index (χ3n) is 3.23. The van der Waals surface area contributed by atoms with E-state index in [0.29, 0.717) is 5.56 Å². The minimum atomic E-state index is -0.290. The normalized spacial score (nSPS) is 10.8. The van der Waals surface area contributed by atoms with Crippen molar-refractivity contribution in [3.8, 4) is 0 Å². The van der Waals surface area contributed by atoms with Crippen molar-refractivity contribution in [1.29, 1.82) is 0 Å². The summed E-state index contributed by atoms with van der Waals surface area (Å²) in [5, 5.41) is 0. The van der Waals surface area contributed by atoms with E-state index >= 15 is 0 Å². The molecule has 0 bridgehead atoms. The van der Waals surface area contributed by atoms with Crippen molar-refractivity contribution < 1.29 is 9.53 Å². The monoisotopic (exact) mass is 304 g/mol. The fraction of sp³-hybridized carbons (Fsp3) is 0.0952. The molecule has 0 aliphatic carbocycles. The number of rotatable bonds is 3. The van der Waals surface area contributed by atoms with Gasteiger partial charge in [0.2, 0.25) is 0 Å². The molecule has 0 aliphatic rings. The molecule has 2 heteroatoms. The van der Waals surface area contributed by atoms with Crippen LogP contribution in [0.4, 0.5) is 0 Å².